The molecule has 0 spiro atoms. The number of hydrogen-bond donors (Lipinski definition) is 2. The van der Waals surface area contributed by atoms with Gasteiger partial charge in [-0.1, -0.05) is 11.8 Å². The van der Waals surface area contributed by atoms with Gasteiger partial charge in [-0.15, -0.1) is 0 Å². The Morgan fingerprint density at radius 1 is 1.38 bits per heavy atom. The summed E-state index contributed by atoms with van der Waals surface area (Å²) in [6, 6.07) is 0.552. The summed E-state index contributed by atoms with van der Waals surface area (Å²) in [5.74, 6) is 6.43. The largest absolute Gasteiger partial charge is 0.395 e. The van der Waals surface area contributed by atoms with Gasteiger partial charge >= 0.3 is 0 Å². The zero-order valence-corrected chi connectivity index (χ0v) is 8.72. The van der Waals surface area contributed by atoms with Gasteiger partial charge < -0.3 is 5.11 Å². The molecule has 0 radical (unpaired) electrons. The Balaban J connectivity index is 2.43. The highest BCUT2D eigenvalue weighted by Crippen LogP contribution is 2.14. The fourth-order valence-electron chi connectivity index (χ4n) is 1.38. The van der Waals surface area contributed by atoms with Crippen molar-refractivity contribution in [3.8, 4) is 11.8 Å². The first kappa shape index (κ1) is 10.6. The normalized spacial score (nSPS) is 28.3. The summed E-state index contributed by atoms with van der Waals surface area (Å²) >= 11 is 0. The summed E-state index contributed by atoms with van der Waals surface area (Å²) in [4.78, 5) is 0. The fourth-order valence-corrected chi connectivity index (χ4v) is 1.38. The molecule has 74 valence electrons. The second-order valence-electron chi connectivity index (χ2n) is 4.70. The van der Waals surface area contributed by atoms with Gasteiger partial charge in [0, 0.05) is 11.5 Å². The third-order valence-electron chi connectivity index (χ3n) is 2.08. The second kappa shape index (κ2) is 4.13. The van der Waals surface area contributed by atoms with Gasteiger partial charge in [0.1, 0.15) is 0 Å². The first-order valence-corrected chi connectivity index (χ1v) is 4.91. The van der Waals surface area contributed by atoms with Crippen LogP contribution in [0.25, 0.3) is 0 Å². The quantitative estimate of drug-likeness (QED) is 0.595. The van der Waals surface area contributed by atoms with Crippen molar-refractivity contribution in [3.05, 3.63) is 0 Å². The van der Waals surface area contributed by atoms with E-state index in [9.17, 15) is 0 Å². The summed E-state index contributed by atoms with van der Waals surface area (Å²) in [5.41, 5.74) is 0.0823. The maximum absolute atomic E-state index is 8.90. The lowest BCUT2D eigenvalue weighted by molar-refractivity contribution is 0.253. The van der Waals surface area contributed by atoms with Crippen LogP contribution in [0.15, 0.2) is 0 Å². The predicted octanol–water partition coefficient (Wildman–Crippen LogP) is 1.15. The molecule has 0 aromatic rings. The lowest BCUT2D eigenvalue weighted by Crippen LogP contribution is -2.31. The van der Waals surface area contributed by atoms with Gasteiger partial charge in [-0.2, -0.15) is 0 Å². The molecular weight excluding hydrogens is 162 g/mol. The van der Waals surface area contributed by atoms with E-state index < -0.39 is 0 Å². The molecule has 0 aromatic carbocycles. The minimum absolute atomic E-state index is 0.0823. The van der Waals surface area contributed by atoms with E-state index in [0.717, 1.165) is 12.8 Å². The maximum Gasteiger partial charge on any atom is 0.0693 e. The molecule has 1 aliphatic rings. The molecule has 0 aromatic heterocycles. The number of aliphatic hydroxyl groups excluding tert-OH is 1. The van der Waals surface area contributed by atoms with Gasteiger partial charge in [0.05, 0.1) is 12.6 Å². The first-order chi connectivity index (χ1) is 6.01. The van der Waals surface area contributed by atoms with Crippen LogP contribution in [0.4, 0.5) is 0 Å². The summed E-state index contributed by atoms with van der Waals surface area (Å²) in [6.45, 7) is 6.56. The van der Waals surface area contributed by atoms with Crippen LogP contribution in [0, 0.1) is 17.3 Å². The summed E-state index contributed by atoms with van der Waals surface area (Å²) in [7, 11) is 0. The number of hydrogen-bond acceptors (Lipinski definition) is 2. The van der Waals surface area contributed by atoms with Gasteiger partial charge in [0.2, 0.25) is 0 Å². The van der Waals surface area contributed by atoms with E-state index >= 15 is 0 Å². The summed E-state index contributed by atoms with van der Waals surface area (Å²) in [6.07, 6.45) is 2.11. The minimum atomic E-state index is 0.0823. The van der Waals surface area contributed by atoms with Crippen molar-refractivity contribution in [3.63, 3.8) is 0 Å². The third kappa shape index (κ3) is 3.80. The van der Waals surface area contributed by atoms with Crippen LogP contribution in [0.2, 0.25) is 0 Å². The van der Waals surface area contributed by atoms with E-state index in [4.69, 9.17) is 5.11 Å². The van der Waals surface area contributed by atoms with Gasteiger partial charge in [-0.3, -0.25) is 5.32 Å². The van der Waals surface area contributed by atoms with Crippen molar-refractivity contribution in [1.29, 1.82) is 0 Å². The van der Waals surface area contributed by atoms with Crippen LogP contribution in [0.1, 0.15) is 33.6 Å². The van der Waals surface area contributed by atoms with Gasteiger partial charge in [-0.05, 0) is 33.6 Å². The van der Waals surface area contributed by atoms with Gasteiger partial charge in [0.15, 0.2) is 0 Å². The highest BCUT2D eigenvalue weighted by molar-refractivity contribution is 5.15. The summed E-state index contributed by atoms with van der Waals surface area (Å²) in [5, 5.41) is 12.2. The predicted molar refractivity (Wildman–Crippen MR) is 54.3 cm³/mol. The molecule has 0 bridgehead atoms. The van der Waals surface area contributed by atoms with E-state index in [0.29, 0.717) is 0 Å². The molecule has 0 amide bonds. The average Bonchev–Trinajstić information content (AvgIpc) is 2.47. The Morgan fingerprint density at radius 3 is 2.54 bits per heavy atom. The topological polar surface area (TPSA) is 32.3 Å². The molecule has 1 rings (SSSR count). The van der Waals surface area contributed by atoms with Crippen molar-refractivity contribution in [2.75, 3.05) is 6.61 Å². The third-order valence-corrected chi connectivity index (χ3v) is 2.08. The van der Waals surface area contributed by atoms with Crippen molar-refractivity contribution in [2.45, 2.75) is 45.7 Å². The Hall–Kier alpha value is -0.520. The second-order valence-corrected chi connectivity index (χ2v) is 4.70. The molecule has 2 atom stereocenters. The Morgan fingerprint density at radius 2 is 2.08 bits per heavy atom. The van der Waals surface area contributed by atoms with Crippen molar-refractivity contribution < 1.29 is 5.11 Å². The molecule has 0 aliphatic carbocycles. The van der Waals surface area contributed by atoms with Gasteiger partial charge in [-0.25, -0.2) is 0 Å². The van der Waals surface area contributed by atoms with Gasteiger partial charge in [0.25, 0.3) is 0 Å². The highest BCUT2D eigenvalue weighted by Gasteiger charge is 2.21. The van der Waals surface area contributed by atoms with E-state index in [1.165, 1.54) is 0 Å². The van der Waals surface area contributed by atoms with E-state index in [1.54, 1.807) is 0 Å². The molecular formula is C11H19NO. The standard InChI is InChI=1S/C11H19NO/c1-11(2,3)7-6-9-4-5-10(8-13)12-9/h9-10,12-13H,4-5,8H2,1-3H3/t9?,10-/m0/s1. The first-order valence-electron chi connectivity index (χ1n) is 4.91. The zero-order chi connectivity index (χ0) is 9.90. The van der Waals surface area contributed by atoms with E-state index in [2.05, 4.69) is 37.9 Å². The molecule has 2 nitrogen and oxygen atoms in total. The smallest absolute Gasteiger partial charge is 0.0693 e. The lowest BCUT2D eigenvalue weighted by atomic mass is 9.97. The van der Waals surface area contributed by atoms with Crippen molar-refractivity contribution in [1.82, 2.24) is 5.32 Å². The fraction of sp³-hybridized carbons (Fsp3) is 0.818. The molecule has 2 N–H and O–H groups in total. The van der Waals surface area contributed by atoms with Crippen molar-refractivity contribution >= 4 is 0 Å². The number of aliphatic hydroxyl groups is 1. The van der Waals surface area contributed by atoms with E-state index in [-0.39, 0.29) is 24.1 Å². The van der Waals surface area contributed by atoms with Crippen LogP contribution in [-0.2, 0) is 0 Å². The molecule has 1 saturated heterocycles. The van der Waals surface area contributed by atoms with Crippen molar-refractivity contribution in [2.24, 2.45) is 5.41 Å². The molecule has 0 saturated carbocycles. The van der Waals surface area contributed by atoms with Crippen LogP contribution in [-0.4, -0.2) is 23.8 Å². The van der Waals surface area contributed by atoms with Crippen LogP contribution in [0.3, 0.4) is 0 Å². The Kier molecular flexibility index (Phi) is 3.35. The molecule has 13 heavy (non-hydrogen) atoms. The Bertz CT molecular complexity index is 218. The molecule has 1 heterocycles. The lowest BCUT2D eigenvalue weighted by Gasteiger charge is -2.09. The number of nitrogens with one attached hydrogen (secondary N) is 1. The maximum atomic E-state index is 8.90. The SMILES string of the molecule is CC(C)(C)C#CC1CC[C@@H](CO)N1. The van der Waals surface area contributed by atoms with Crippen LogP contribution < -0.4 is 5.32 Å². The molecule has 1 fully saturated rings. The highest BCUT2D eigenvalue weighted by atomic mass is 16.3. The Labute approximate surface area is 80.7 Å². The molecule has 1 unspecified atom stereocenters. The number of rotatable bonds is 1. The zero-order valence-electron chi connectivity index (χ0n) is 8.72. The van der Waals surface area contributed by atoms with E-state index in [1.807, 2.05) is 0 Å². The van der Waals surface area contributed by atoms with Crippen LogP contribution in [0.5, 0.6) is 0 Å². The monoisotopic (exact) mass is 181 g/mol. The minimum Gasteiger partial charge on any atom is -0.395 e. The van der Waals surface area contributed by atoms with Crippen LogP contribution >= 0.6 is 0 Å². The summed E-state index contributed by atoms with van der Waals surface area (Å²) < 4.78 is 0. The average molecular weight is 181 g/mol. The molecule has 1 aliphatic heterocycles. The molecule has 2 heteroatoms.